The van der Waals surface area contributed by atoms with E-state index in [4.69, 9.17) is 5.26 Å². The van der Waals surface area contributed by atoms with Crippen LogP contribution in [0.4, 0.5) is 17.6 Å². The van der Waals surface area contributed by atoms with Gasteiger partial charge < -0.3 is 10.1 Å². The van der Waals surface area contributed by atoms with Gasteiger partial charge in [0.1, 0.15) is 12.6 Å². The summed E-state index contributed by atoms with van der Waals surface area (Å²) in [5, 5.41) is 11.1. The van der Waals surface area contributed by atoms with Gasteiger partial charge in [0.25, 0.3) is 0 Å². The Morgan fingerprint density at radius 2 is 2.07 bits per heavy atom. The Bertz CT molecular complexity index is 217. The van der Waals surface area contributed by atoms with Gasteiger partial charge in [-0.1, -0.05) is 6.92 Å². The first kappa shape index (κ1) is 14.1. The van der Waals surface area contributed by atoms with Gasteiger partial charge in [0.2, 0.25) is 0 Å². The fraction of sp³-hybridized carbons (Fsp3) is 0.875. The van der Waals surface area contributed by atoms with Crippen LogP contribution in [0.2, 0.25) is 0 Å². The highest BCUT2D eigenvalue weighted by atomic mass is 19.3. The predicted molar refractivity (Wildman–Crippen MR) is 44.8 cm³/mol. The highest BCUT2D eigenvalue weighted by Crippen LogP contribution is 2.22. The smallest absolute Gasteiger partial charge is 0.330 e. The lowest BCUT2D eigenvalue weighted by Crippen LogP contribution is -2.37. The molecule has 0 aromatic heterocycles. The third-order valence-corrected chi connectivity index (χ3v) is 1.50. The van der Waals surface area contributed by atoms with Crippen molar-refractivity contribution in [2.45, 2.75) is 25.3 Å². The highest BCUT2D eigenvalue weighted by Gasteiger charge is 2.41. The Hall–Kier alpha value is -0.870. The molecule has 0 aromatic rings. The second-order valence-electron chi connectivity index (χ2n) is 2.82. The standard InChI is InChI=1S/C8H12F4N2O/c1-2-14-6(3-13)4-15-5-8(11,12)7(9)10/h6-7,14H,2,4-5H2,1H3. The predicted octanol–water partition coefficient (Wildman–Crippen LogP) is 1.41. The second kappa shape index (κ2) is 6.58. The molecule has 0 heterocycles. The Morgan fingerprint density at radius 3 is 2.47 bits per heavy atom. The van der Waals surface area contributed by atoms with Crippen LogP contribution >= 0.6 is 0 Å². The number of halogens is 4. The zero-order chi connectivity index (χ0) is 11.9. The quantitative estimate of drug-likeness (QED) is 0.670. The summed E-state index contributed by atoms with van der Waals surface area (Å²) in [4.78, 5) is 0. The molecule has 0 saturated carbocycles. The average Bonchev–Trinajstić information content (AvgIpc) is 2.16. The molecule has 1 N–H and O–H groups in total. The Kier molecular flexibility index (Phi) is 6.20. The second-order valence-corrected chi connectivity index (χ2v) is 2.82. The van der Waals surface area contributed by atoms with Gasteiger partial charge in [0.05, 0.1) is 12.7 Å². The maximum absolute atomic E-state index is 12.3. The summed E-state index contributed by atoms with van der Waals surface area (Å²) in [6.45, 7) is 0.464. The van der Waals surface area contributed by atoms with Crippen molar-refractivity contribution in [3.63, 3.8) is 0 Å². The number of hydrogen-bond donors (Lipinski definition) is 1. The van der Waals surface area contributed by atoms with E-state index in [0.29, 0.717) is 6.54 Å². The van der Waals surface area contributed by atoms with Gasteiger partial charge in [-0.05, 0) is 6.54 Å². The maximum Gasteiger partial charge on any atom is 0.330 e. The number of ether oxygens (including phenoxy) is 1. The number of nitrogens with one attached hydrogen (secondary N) is 1. The molecule has 0 aliphatic carbocycles. The molecular weight excluding hydrogens is 216 g/mol. The summed E-state index contributed by atoms with van der Waals surface area (Å²) in [5.41, 5.74) is 0. The average molecular weight is 228 g/mol. The lowest BCUT2D eigenvalue weighted by Gasteiger charge is -2.16. The number of hydrogen-bond acceptors (Lipinski definition) is 3. The molecule has 1 unspecified atom stereocenters. The van der Waals surface area contributed by atoms with Crippen molar-refractivity contribution >= 4 is 0 Å². The minimum atomic E-state index is -4.16. The SMILES string of the molecule is CCNC(C#N)COCC(F)(F)C(F)F. The van der Waals surface area contributed by atoms with Crippen molar-refractivity contribution in [1.82, 2.24) is 5.32 Å². The van der Waals surface area contributed by atoms with Crippen LogP contribution in [0.5, 0.6) is 0 Å². The van der Waals surface area contributed by atoms with Crippen molar-refractivity contribution in [2.24, 2.45) is 0 Å². The van der Waals surface area contributed by atoms with Gasteiger partial charge in [0, 0.05) is 0 Å². The van der Waals surface area contributed by atoms with E-state index in [-0.39, 0.29) is 6.61 Å². The molecule has 7 heteroatoms. The van der Waals surface area contributed by atoms with Gasteiger partial charge in [-0.15, -0.1) is 0 Å². The minimum absolute atomic E-state index is 0.341. The molecule has 3 nitrogen and oxygen atoms in total. The Morgan fingerprint density at radius 1 is 1.47 bits per heavy atom. The molecule has 0 aromatic carbocycles. The highest BCUT2D eigenvalue weighted by molar-refractivity contribution is 4.89. The molecule has 0 aliphatic heterocycles. The van der Waals surface area contributed by atoms with Gasteiger partial charge >= 0.3 is 12.3 Å². The number of likely N-dealkylation sites (N-methyl/N-ethyl adjacent to an activating group) is 1. The summed E-state index contributed by atoms with van der Waals surface area (Å²) in [7, 11) is 0. The minimum Gasteiger partial charge on any atom is -0.372 e. The van der Waals surface area contributed by atoms with E-state index in [1.165, 1.54) is 0 Å². The van der Waals surface area contributed by atoms with Crippen LogP contribution in [0.3, 0.4) is 0 Å². The molecule has 0 aliphatic rings. The summed E-state index contributed by atoms with van der Waals surface area (Å²) >= 11 is 0. The molecule has 15 heavy (non-hydrogen) atoms. The molecular formula is C8H12F4N2O. The van der Waals surface area contributed by atoms with E-state index in [1.54, 1.807) is 13.0 Å². The first-order valence-corrected chi connectivity index (χ1v) is 4.30. The Balaban J connectivity index is 3.83. The van der Waals surface area contributed by atoms with Crippen LogP contribution < -0.4 is 5.32 Å². The van der Waals surface area contributed by atoms with Crippen LogP contribution in [0.25, 0.3) is 0 Å². The van der Waals surface area contributed by atoms with Crippen LogP contribution in [-0.4, -0.2) is 38.1 Å². The number of nitrogens with zero attached hydrogens (tertiary/aromatic N) is 1. The molecule has 88 valence electrons. The first-order chi connectivity index (χ1) is 6.94. The molecule has 0 bridgehead atoms. The first-order valence-electron chi connectivity index (χ1n) is 4.30. The van der Waals surface area contributed by atoms with Crippen molar-refractivity contribution in [1.29, 1.82) is 5.26 Å². The van der Waals surface area contributed by atoms with E-state index >= 15 is 0 Å². The van der Waals surface area contributed by atoms with Crippen molar-refractivity contribution in [2.75, 3.05) is 19.8 Å². The number of rotatable bonds is 7. The molecule has 0 amide bonds. The topological polar surface area (TPSA) is 45.0 Å². The van der Waals surface area contributed by atoms with Crippen LogP contribution in [0.15, 0.2) is 0 Å². The largest absolute Gasteiger partial charge is 0.372 e. The van der Waals surface area contributed by atoms with Crippen LogP contribution in [-0.2, 0) is 4.74 Å². The van der Waals surface area contributed by atoms with Gasteiger partial charge in [-0.2, -0.15) is 14.0 Å². The van der Waals surface area contributed by atoms with Crippen molar-refractivity contribution < 1.29 is 22.3 Å². The fourth-order valence-electron chi connectivity index (χ4n) is 0.764. The van der Waals surface area contributed by atoms with Crippen molar-refractivity contribution in [3.8, 4) is 6.07 Å². The monoisotopic (exact) mass is 228 g/mol. The summed E-state index contributed by atoms with van der Waals surface area (Å²) in [5.74, 6) is -4.16. The summed E-state index contributed by atoms with van der Waals surface area (Å²) < 4.78 is 52.3. The van der Waals surface area contributed by atoms with Gasteiger partial charge in [-0.25, -0.2) is 8.78 Å². The molecule has 0 saturated heterocycles. The molecule has 0 rings (SSSR count). The zero-order valence-corrected chi connectivity index (χ0v) is 8.14. The number of nitriles is 1. The third kappa shape index (κ3) is 5.54. The normalized spacial score (nSPS) is 13.9. The Labute approximate surface area is 85.0 Å². The van der Waals surface area contributed by atoms with E-state index in [2.05, 4.69) is 10.1 Å². The molecule has 0 fully saturated rings. The summed E-state index contributed by atoms with van der Waals surface area (Å²) in [6, 6.07) is 0.989. The lowest BCUT2D eigenvalue weighted by molar-refractivity contribution is -0.166. The zero-order valence-electron chi connectivity index (χ0n) is 8.14. The molecule has 0 radical (unpaired) electrons. The maximum atomic E-state index is 12.3. The molecule has 1 atom stereocenters. The third-order valence-electron chi connectivity index (χ3n) is 1.50. The summed E-state index contributed by atoms with van der Waals surface area (Å²) in [6.07, 6.45) is -3.75. The van der Waals surface area contributed by atoms with Crippen molar-refractivity contribution in [3.05, 3.63) is 0 Å². The van der Waals surface area contributed by atoms with Gasteiger partial charge in [-0.3, -0.25) is 0 Å². The molecule has 0 spiro atoms. The van der Waals surface area contributed by atoms with E-state index < -0.39 is 25.0 Å². The van der Waals surface area contributed by atoms with E-state index in [9.17, 15) is 17.6 Å². The van der Waals surface area contributed by atoms with Crippen LogP contribution in [0.1, 0.15) is 6.92 Å². The number of alkyl halides is 4. The van der Waals surface area contributed by atoms with Crippen LogP contribution in [0, 0.1) is 11.3 Å². The fourth-order valence-corrected chi connectivity index (χ4v) is 0.764. The lowest BCUT2D eigenvalue weighted by atomic mass is 10.3. The van der Waals surface area contributed by atoms with E-state index in [1.807, 2.05) is 0 Å². The van der Waals surface area contributed by atoms with Gasteiger partial charge in [0.15, 0.2) is 0 Å². The van der Waals surface area contributed by atoms with E-state index in [0.717, 1.165) is 0 Å².